The molecule has 0 saturated carbocycles. The Hall–Kier alpha value is -0.960. The smallest absolute Gasteiger partial charge is 0.333 e. The molecule has 17 heavy (non-hydrogen) atoms. The summed E-state index contributed by atoms with van der Waals surface area (Å²) in [7, 11) is -2.63. The average Bonchev–Trinajstić information content (AvgIpc) is 2.20. The standard InChI is InChI=1S/C9H14O7S/c1-15-9(12)5-3-6(10)8(7(11)4-5)16-17(2,13)14/h3,6-8,10-11H,4H2,1-2H3/t6-,7-,8-/m1/s1. The number of hydrogen-bond donors (Lipinski definition) is 2. The van der Waals surface area contributed by atoms with E-state index in [1.165, 1.54) is 7.11 Å². The molecular weight excluding hydrogens is 252 g/mol. The third-order valence-electron chi connectivity index (χ3n) is 2.25. The van der Waals surface area contributed by atoms with Crippen molar-refractivity contribution in [2.24, 2.45) is 0 Å². The highest BCUT2D eigenvalue weighted by atomic mass is 32.2. The first-order valence-corrected chi connectivity index (χ1v) is 6.59. The Morgan fingerprint density at radius 2 is 2.06 bits per heavy atom. The van der Waals surface area contributed by atoms with E-state index < -0.39 is 34.4 Å². The van der Waals surface area contributed by atoms with Crippen LogP contribution in [0.2, 0.25) is 0 Å². The van der Waals surface area contributed by atoms with Gasteiger partial charge in [0.2, 0.25) is 0 Å². The number of ether oxygens (including phenoxy) is 1. The lowest BCUT2D eigenvalue weighted by Crippen LogP contribution is -2.44. The van der Waals surface area contributed by atoms with Crippen LogP contribution in [0.1, 0.15) is 6.42 Å². The van der Waals surface area contributed by atoms with Crippen LogP contribution in [-0.4, -0.2) is 56.3 Å². The molecule has 1 rings (SSSR count). The van der Waals surface area contributed by atoms with Gasteiger partial charge in [-0.3, -0.25) is 4.18 Å². The van der Waals surface area contributed by atoms with E-state index in [0.717, 1.165) is 12.3 Å². The van der Waals surface area contributed by atoms with Gasteiger partial charge < -0.3 is 14.9 Å². The number of carbonyl (C=O) groups excluding carboxylic acids is 1. The Labute approximate surface area is 98.8 Å². The molecule has 0 heterocycles. The SMILES string of the molecule is COC(=O)C1=C[C@@H](O)[C@@H](OS(C)(=O)=O)[C@H](O)C1. The van der Waals surface area contributed by atoms with E-state index in [1.807, 2.05) is 0 Å². The van der Waals surface area contributed by atoms with Gasteiger partial charge in [0, 0.05) is 12.0 Å². The first-order chi connectivity index (χ1) is 7.74. The predicted molar refractivity (Wildman–Crippen MR) is 56.4 cm³/mol. The summed E-state index contributed by atoms with van der Waals surface area (Å²) < 4.78 is 30.8. The number of aliphatic hydroxyl groups excluding tert-OH is 2. The molecule has 0 aliphatic heterocycles. The number of hydrogen-bond acceptors (Lipinski definition) is 7. The van der Waals surface area contributed by atoms with Gasteiger partial charge in [-0.25, -0.2) is 4.79 Å². The molecule has 0 fully saturated rings. The van der Waals surface area contributed by atoms with E-state index in [9.17, 15) is 23.4 Å². The average molecular weight is 266 g/mol. The van der Waals surface area contributed by atoms with Crippen LogP contribution in [0.25, 0.3) is 0 Å². The fourth-order valence-corrected chi connectivity index (χ4v) is 2.19. The van der Waals surface area contributed by atoms with Gasteiger partial charge in [-0.05, 0) is 6.08 Å². The van der Waals surface area contributed by atoms with E-state index in [0.29, 0.717) is 0 Å². The summed E-state index contributed by atoms with van der Waals surface area (Å²) >= 11 is 0. The van der Waals surface area contributed by atoms with Crippen molar-refractivity contribution in [3.8, 4) is 0 Å². The van der Waals surface area contributed by atoms with Crippen LogP contribution in [0.15, 0.2) is 11.6 Å². The monoisotopic (exact) mass is 266 g/mol. The molecule has 1 aliphatic rings. The number of carbonyl (C=O) groups is 1. The number of rotatable bonds is 3. The Kier molecular flexibility index (Phi) is 4.26. The quantitative estimate of drug-likeness (QED) is 0.475. The molecule has 0 unspecified atom stereocenters. The van der Waals surface area contributed by atoms with E-state index >= 15 is 0 Å². The van der Waals surface area contributed by atoms with Gasteiger partial charge in [-0.2, -0.15) is 8.42 Å². The Morgan fingerprint density at radius 3 is 2.47 bits per heavy atom. The van der Waals surface area contributed by atoms with Gasteiger partial charge in [-0.15, -0.1) is 0 Å². The second kappa shape index (κ2) is 5.13. The van der Waals surface area contributed by atoms with Gasteiger partial charge in [-0.1, -0.05) is 0 Å². The molecule has 2 N–H and O–H groups in total. The third kappa shape index (κ3) is 3.77. The maximum absolute atomic E-state index is 11.2. The molecule has 98 valence electrons. The molecule has 0 amide bonds. The zero-order valence-electron chi connectivity index (χ0n) is 9.36. The molecule has 3 atom stereocenters. The van der Waals surface area contributed by atoms with Crippen molar-refractivity contribution in [2.75, 3.05) is 13.4 Å². The minimum atomic E-state index is -3.80. The molecule has 0 saturated heterocycles. The molecule has 0 aromatic heterocycles. The predicted octanol–water partition coefficient (Wildman–Crippen LogP) is -1.44. The maximum Gasteiger partial charge on any atom is 0.333 e. The van der Waals surface area contributed by atoms with Crippen molar-refractivity contribution in [1.29, 1.82) is 0 Å². The Balaban J connectivity index is 2.87. The highest BCUT2D eigenvalue weighted by Gasteiger charge is 2.36. The highest BCUT2D eigenvalue weighted by Crippen LogP contribution is 2.23. The summed E-state index contributed by atoms with van der Waals surface area (Å²) in [5, 5.41) is 19.2. The molecule has 8 heteroatoms. The van der Waals surface area contributed by atoms with Crippen molar-refractivity contribution in [2.45, 2.75) is 24.7 Å². The normalized spacial score (nSPS) is 29.6. The van der Waals surface area contributed by atoms with Crippen LogP contribution in [-0.2, 0) is 23.8 Å². The molecule has 7 nitrogen and oxygen atoms in total. The summed E-state index contributed by atoms with van der Waals surface area (Å²) in [6.45, 7) is 0. The largest absolute Gasteiger partial charge is 0.466 e. The van der Waals surface area contributed by atoms with Crippen molar-refractivity contribution in [1.82, 2.24) is 0 Å². The van der Waals surface area contributed by atoms with E-state index in [-0.39, 0.29) is 12.0 Å². The summed E-state index contributed by atoms with van der Waals surface area (Å²) in [5.74, 6) is -0.680. The fraction of sp³-hybridized carbons (Fsp3) is 0.667. The molecular formula is C9H14O7S. The van der Waals surface area contributed by atoms with E-state index in [4.69, 9.17) is 0 Å². The zero-order valence-corrected chi connectivity index (χ0v) is 10.2. The summed E-state index contributed by atoms with van der Waals surface area (Å²) in [5.41, 5.74) is 0.0841. The van der Waals surface area contributed by atoms with Crippen LogP contribution >= 0.6 is 0 Å². The van der Waals surface area contributed by atoms with E-state index in [2.05, 4.69) is 8.92 Å². The summed E-state index contributed by atoms with van der Waals surface area (Å²) in [6.07, 6.45) is -2.19. The third-order valence-corrected chi connectivity index (χ3v) is 2.82. The lowest BCUT2D eigenvalue weighted by molar-refractivity contribution is -0.137. The van der Waals surface area contributed by atoms with Crippen LogP contribution in [0.4, 0.5) is 0 Å². The van der Waals surface area contributed by atoms with Crippen molar-refractivity contribution in [3.05, 3.63) is 11.6 Å². The molecule has 0 aromatic rings. The summed E-state index contributed by atoms with van der Waals surface area (Å²) in [6, 6.07) is 0. The first-order valence-electron chi connectivity index (χ1n) is 4.78. The molecule has 0 bridgehead atoms. The lowest BCUT2D eigenvalue weighted by Gasteiger charge is -2.29. The Bertz CT molecular complexity index is 425. The minimum Gasteiger partial charge on any atom is -0.466 e. The van der Waals surface area contributed by atoms with Gasteiger partial charge in [0.25, 0.3) is 10.1 Å². The first kappa shape index (κ1) is 14.1. The van der Waals surface area contributed by atoms with Crippen LogP contribution < -0.4 is 0 Å². The summed E-state index contributed by atoms with van der Waals surface area (Å²) in [4.78, 5) is 11.2. The number of methoxy groups -OCH3 is 1. The molecule has 1 aliphatic carbocycles. The van der Waals surface area contributed by atoms with Gasteiger partial charge in [0.05, 0.1) is 19.5 Å². The van der Waals surface area contributed by atoms with Gasteiger partial charge >= 0.3 is 5.97 Å². The highest BCUT2D eigenvalue weighted by molar-refractivity contribution is 7.86. The van der Waals surface area contributed by atoms with Crippen LogP contribution in [0, 0.1) is 0 Å². The topological polar surface area (TPSA) is 110 Å². The molecule has 0 aromatic carbocycles. The minimum absolute atomic E-state index is 0.0841. The second-order valence-electron chi connectivity index (χ2n) is 3.71. The fourth-order valence-electron chi connectivity index (χ4n) is 1.54. The van der Waals surface area contributed by atoms with Crippen molar-refractivity contribution in [3.63, 3.8) is 0 Å². The van der Waals surface area contributed by atoms with Crippen molar-refractivity contribution >= 4 is 16.1 Å². The molecule has 0 spiro atoms. The van der Waals surface area contributed by atoms with Gasteiger partial charge in [0.15, 0.2) is 0 Å². The zero-order chi connectivity index (χ0) is 13.2. The van der Waals surface area contributed by atoms with Crippen LogP contribution in [0.5, 0.6) is 0 Å². The lowest BCUT2D eigenvalue weighted by atomic mass is 9.92. The Morgan fingerprint density at radius 1 is 1.47 bits per heavy atom. The van der Waals surface area contributed by atoms with Crippen molar-refractivity contribution < 1.29 is 32.3 Å². The van der Waals surface area contributed by atoms with Crippen LogP contribution in [0.3, 0.4) is 0 Å². The second-order valence-corrected chi connectivity index (χ2v) is 5.31. The van der Waals surface area contributed by atoms with E-state index in [1.54, 1.807) is 0 Å². The number of aliphatic hydroxyl groups is 2. The molecule has 0 radical (unpaired) electrons. The number of esters is 1. The van der Waals surface area contributed by atoms with Gasteiger partial charge in [0.1, 0.15) is 12.2 Å². The maximum atomic E-state index is 11.2.